The van der Waals surface area contributed by atoms with Crippen LogP contribution in [-0.2, 0) is 13.0 Å². The van der Waals surface area contributed by atoms with E-state index < -0.39 is 0 Å². The lowest BCUT2D eigenvalue weighted by Crippen LogP contribution is -2.12. The number of rotatable bonds is 4. The fourth-order valence-corrected chi connectivity index (χ4v) is 1.41. The quantitative estimate of drug-likeness (QED) is 0.635. The van der Waals surface area contributed by atoms with Crippen molar-refractivity contribution in [3.05, 3.63) is 48.0 Å². The molecular formula is C12H17N. The predicted octanol–water partition coefficient (Wildman–Crippen LogP) is 2.48. The second-order valence-corrected chi connectivity index (χ2v) is 3.50. The van der Waals surface area contributed by atoms with Crippen molar-refractivity contribution in [1.29, 1.82) is 0 Å². The monoisotopic (exact) mass is 175 g/mol. The van der Waals surface area contributed by atoms with E-state index >= 15 is 0 Å². The van der Waals surface area contributed by atoms with Crippen LogP contribution >= 0.6 is 0 Å². The summed E-state index contributed by atoms with van der Waals surface area (Å²) in [6.07, 6.45) is 2.92. The van der Waals surface area contributed by atoms with Crippen molar-refractivity contribution in [2.24, 2.45) is 0 Å². The molecule has 0 saturated carbocycles. The van der Waals surface area contributed by atoms with E-state index in [0.29, 0.717) is 0 Å². The zero-order valence-corrected chi connectivity index (χ0v) is 8.46. The van der Waals surface area contributed by atoms with Crippen LogP contribution in [0, 0.1) is 0 Å². The van der Waals surface area contributed by atoms with E-state index in [2.05, 4.69) is 49.8 Å². The fourth-order valence-electron chi connectivity index (χ4n) is 1.41. The minimum Gasteiger partial charge on any atom is -0.305 e. The SMILES string of the molecule is C=CCc1ccccc1CN(C)C. The fraction of sp³-hybridized carbons (Fsp3) is 0.333. The van der Waals surface area contributed by atoms with Crippen molar-refractivity contribution in [1.82, 2.24) is 4.90 Å². The molecule has 13 heavy (non-hydrogen) atoms. The lowest BCUT2D eigenvalue weighted by molar-refractivity contribution is 0.401. The number of hydrogen-bond acceptors (Lipinski definition) is 1. The third-order valence-corrected chi connectivity index (χ3v) is 1.97. The lowest BCUT2D eigenvalue weighted by atomic mass is 10.0. The van der Waals surface area contributed by atoms with Gasteiger partial charge in [-0.15, -0.1) is 6.58 Å². The first-order valence-corrected chi connectivity index (χ1v) is 4.56. The molecule has 0 fully saturated rings. The molecule has 1 nitrogen and oxygen atoms in total. The summed E-state index contributed by atoms with van der Waals surface area (Å²) in [5.74, 6) is 0. The molecule has 1 rings (SSSR count). The maximum absolute atomic E-state index is 3.76. The number of benzene rings is 1. The molecule has 0 radical (unpaired) electrons. The van der Waals surface area contributed by atoms with Crippen molar-refractivity contribution in [3.8, 4) is 0 Å². The van der Waals surface area contributed by atoms with E-state index in [4.69, 9.17) is 0 Å². The molecule has 1 heteroatoms. The average Bonchev–Trinajstić information content (AvgIpc) is 2.08. The molecule has 1 aromatic carbocycles. The largest absolute Gasteiger partial charge is 0.305 e. The number of hydrogen-bond donors (Lipinski definition) is 0. The van der Waals surface area contributed by atoms with Gasteiger partial charge in [0.05, 0.1) is 0 Å². The highest BCUT2D eigenvalue weighted by Crippen LogP contribution is 2.11. The molecule has 0 aromatic heterocycles. The second-order valence-electron chi connectivity index (χ2n) is 3.50. The number of allylic oxidation sites excluding steroid dienone is 1. The molecule has 0 atom stereocenters. The molecule has 0 amide bonds. The molecule has 0 spiro atoms. The normalized spacial score (nSPS) is 10.4. The summed E-state index contributed by atoms with van der Waals surface area (Å²) >= 11 is 0. The van der Waals surface area contributed by atoms with Gasteiger partial charge in [0.2, 0.25) is 0 Å². The summed E-state index contributed by atoms with van der Waals surface area (Å²) in [5, 5.41) is 0. The van der Waals surface area contributed by atoms with Crippen molar-refractivity contribution in [2.45, 2.75) is 13.0 Å². The van der Waals surface area contributed by atoms with Crippen LogP contribution in [-0.4, -0.2) is 19.0 Å². The van der Waals surface area contributed by atoms with Crippen molar-refractivity contribution >= 4 is 0 Å². The maximum Gasteiger partial charge on any atom is 0.0230 e. The molecule has 0 aliphatic carbocycles. The Morgan fingerprint density at radius 1 is 1.23 bits per heavy atom. The minimum absolute atomic E-state index is 0.962. The highest BCUT2D eigenvalue weighted by molar-refractivity contribution is 5.28. The minimum atomic E-state index is 0.962. The number of nitrogens with zero attached hydrogens (tertiary/aromatic N) is 1. The van der Waals surface area contributed by atoms with Gasteiger partial charge in [-0.25, -0.2) is 0 Å². The van der Waals surface area contributed by atoms with Crippen LogP contribution in [0.4, 0.5) is 0 Å². The summed E-state index contributed by atoms with van der Waals surface area (Å²) in [7, 11) is 4.18. The average molecular weight is 175 g/mol. The zero-order valence-electron chi connectivity index (χ0n) is 8.46. The van der Waals surface area contributed by atoms with Gasteiger partial charge < -0.3 is 4.90 Å². The highest BCUT2D eigenvalue weighted by atomic mass is 15.0. The van der Waals surface area contributed by atoms with E-state index in [-0.39, 0.29) is 0 Å². The Labute approximate surface area is 80.7 Å². The third kappa shape index (κ3) is 3.03. The van der Waals surface area contributed by atoms with Crippen molar-refractivity contribution in [3.63, 3.8) is 0 Å². The van der Waals surface area contributed by atoms with E-state index in [1.54, 1.807) is 0 Å². The van der Waals surface area contributed by atoms with E-state index in [0.717, 1.165) is 13.0 Å². The molecular weight excluding hydrogens is 158 g/mol. The van der Waals surface area contributed by atoms with Gasteiger partial charge in [-0.1, -0.05) is 30.3 Å². The van der Waals surface area contributed by atoms with Gasteiger partial charge >= 0.3 is 0 Å². The van der Waals surface area contributed by atoms with Crippen LogP contribution in [0.25, 0.3) is 0 Å². The van der Waals surface area contributed by atoms with Crippen LogP contribution in [0.5, 0.6) is 0 Å². The first-order valence-electron chi connectivity index (χ1n) is 4.56. The Morgan fingerprint density at radius 2 is 1.85 bits per heavy atom. The topological polar surface area (TPSA) is 3.24 Å². The Kier molecular flexibility index (Phi) is 3.71. The lowest BCUT2D eigenvalue weighted by Gasteiger charge is -2.12. The summed E-state index contributed by atoms with van der Waals surface area (Å²) in [6.45, 7) is 4.77. The van der Waals surface area contributed by atoms with E-state index in [9.17, 15) is 0 Å². The van der Waals surface area contributed by atoms with Crippen LogP contribution in [0.15, 0.2) is 36.9 Å². The van der Waals surface area contributed by atoms with Crippen LogP contribution < -0.4 is 0 Å². The summed E-state index contributed by atoms with van der Waals surface area (Å²) in [4.78, 5) is 2.18. The van der Waals surface area contributed by atoms with Gasteiger partial charge in [-0.05, 0) is 31.6 Å². The summed E-state index contributed by atoms with van der Waals surface area (Å²) in [6, 6.07) is 8.52. The zero-order chi connectivity index (χ0) is 9.68. The predicted molar refractivity (Wildman–Crippen MR) is 57.7 cm³/mol. The van der Waals surface area contributed by atoms with Gasteiger partial charge in [-0.2, -0.15) is 0 Å². The first kappa shape index (κ1) is 10.0. The van der Waals surface area contributed by atoms with E-state index in [1.165, 1.54) is 11.1 Å². The molecule has 0 bridgehead atoms. The Balaban J connectivity index is 2.83. The molecule has 0 N–H and O–H groups in total. The Morgan fingerprint density at radius 3 is 2.38 bits per heavy atom. The molecule has 0 aliphatic heterocycles. The molecule has 0 heterocycles. The van der Waals surface area contributed by atoms with Crippen LogP contribution in [0.2, 0.25) is 0 Å². The summed E-state index contributed by atoms with van der Waals surface area (Å²) < 4.78 is 0. The third-order valence-electron chi connectivity index (χ3n) is 1.97. The maximum atomic E-state index is 3.76. The van der Waals surface area contributed by atoms with Crippen molar-refractivity contribution in [2.75, 3.05) is 14.1 Å². The highest BCUT2D eigenvalue weighted by Gasteiger charge is 2.00. The van der Waals surface area contributed by atoms with Gasteiger partial charge in [0, 0.05) is 6.54 Å². The van der Waals surface area contributed by atoms with Crippen LogP contribution in [0.1, 0.15) is 11.1 Å². The van der Waals surface area contributed by atoms with Gasteiger partial charge in [0.15, 0.2) is 0 Å². The van der Waals surface area contributed by atoms with Gasteiger partial charge in [0.25, 0.3) is 0 Å². The molecule has 0 aliphatic rings. The van der Waals surface area contributed by atoms with Gasteiger partial charge in [0.1, 0.15) is 0 Å². The second kappa shape index (κ2) is 4.83. The Hall–Kier alpha value is -1.08. The summed E-state index contributed by atoms with van der Waals surface area (Å²) in [5.41, 5.74) is 2.78. The first-order chi connectivity index (χ1) is 6.24. The molecule has 0 saturated heterocycles. The molecule has 70 valence electrons. The Bertz CT molecular complexity index is 276. The smallest absolute Gasteiger partial charge is 0.0230 e. The van der Waals surface area contributed by atoms with Crippen molar-refractivity contribution < 1.29 is 0 Å². The van der Waals surface area contributed by atoms with Gasteiger partial charge in [-0.3, -0.25) is 0 Å². The van der Waals surface area contributed by atoms with Crippen LogP contribution in [0.3, 0.4) is 0 Å². The molecule has 0 unspecified atom stereocenters. The molecule has 1 aromatic rings. The van der Waals surface area contributed by atoms with E-state index in [1.807, 2.05) is 6.08 Å². The standard InChI is InChI=1S/C12H17N/c1-4-7-11-8-5-6-9-12(11)10-13(2)3/h4-6,8-9H,1,7,10H2,2-3H3.